The van der Waals surface area contributed by atoms with E-state index in [1.54, 1.807) is 0 Å². The quantitative estimate of drug-likeness (QED) is 0.681. The van der Waals surface area contributed by atoms with E-state index < -0.39 is 0 Å². The molecule has 2 heterocycles. The van der Waals surface area contributed by atoms with Crippen LogP contribution in [0.5, 0.6) is 0 Å². The van der Waals surface area contributed by atoms with Crippen molar-refractivity contribution in [2.75, 3.05) is 19.8 Å². The first-order valence-corrected chi connectivity index (χ1v) is 6.18. The molecule has 4 heteroatoms. The Kier molecular flexibility index (Phi) is 3.93. The Morgan fingerprint density at radius 1 is 1.19 bits per heavy atom. The molecule has 16 heavy (non-hydrogen) atoms. The van der Waals surface area contributed by atoms with E-state index in [1.807, 2.05) is 0 Å². The summed E-state index contributed by atoms with van der Waals surface area (Å²) in [5.74, 6) is 0.539. The number of ether oxygens (including phenoxy) is 1. The van der Waals surface area contributed by atoms with E-state index in [9.17, 15) is 9.59 Å². The van der Waals surface area contributed by atoms with Crippen molar-refractivity contribution in [1.29, 1.82) is 0 Å². The fourth-order valence-corrected chi connectivity index (χ4v) is 2.40. The van der Waals surface area contributed by atoms with E-state index >= 15 is 0 Å². The highest BCUT2D eigenvalue weighted by atomic mass is 16.5. The van der Waals surface area contributed by atoms with Crippen molar-refractivity contribution in [2.45, 2.75) is 38.5 Å². The lowest BCUT2D eigenvalue weighted by atomic mass is 9.98. The minimum atomic E-state index is 0.00739. The molecule has 90 valence electrons. The summed E-state index contributed by atoms with van der Waals surface area (Å²) in [6.07, 6.45) is 4.96. The molecule has 4 nitrogen and oxygen atoms in total. The van der Waals surface area contributed by atoms with E-state index in [4.69, 9.17) is 4.74 Å². The second-order valence-electron chi connectivity index (χ2n) is 4.66. The van der Waals surface area contributed by atoms with Crippen LogP contribution in [0.1, 0.15) is 38.5 Å². The second-order valence-corrected chi connectivity index (χ2v) is 4.66. The van der Waals surface area contributed by atoms with Crippen LogP contribution in [-0.2, 0) is 14.3 Å². The molecule has 0 radical (unpaired) electrons. The predicted octanol–water partition coefficient (Wildman–Crippen LogP) is 1.34. The zero-order chi connectivity index (χ0) is 11.4. The van der Waals surface area contributed by atoms with Crippen molar-refractivity contribution in [3.05, 3.63) is 0 Å². The summed E-state index contributed by atoms with van der Waals surface area (Å²) in [5.41, 5.74) is 0. The second kappa shape index (κ2) is 5.43. The third kappa shape index (κ3) is 2.82. The number of hydrogen-bond acceptors (Lipinski definition) is 3. The first-order valence-electron chi connectivity index (χ1n) is 6.18. The highest BCUT2D eigenvalue weighted by Crippen LogP contribution is 2.19. The van der Waals surface area contributed by atoms with Gasteiger partial charge in [0.15, 0.2) is 0 Å². The van der Waals surface area contributed by atoms with Crippen molar-refractivity contribution >= 4 is 11.8 Å². The maximum atomic E-state index is 11.6. The van der Waals surface area contributed by atoms with E-state index in [0.717, 1.165) is 38.9 Å². The molecule has 2 aliphatic heterocycles. The molecule has 0 spiro atoms. The molecule has 2 aliphatic rings. The summed E-state index contributed by atoms with van der Waals surface area (Å²) in [6, 6.07) is 0. The summed E-state index contributed by atoms with van der Waals surface area (Å²) in [6.45, 7) is 2.24. The molecule has 2 saturated heterocycles. The number of likely N-dealkylation sites (tertiary alicyclic amines) is 1. The fraction of sp³-hybridized carbons (Fsp3) is 0.833. The van der Waals surface area contributed by atoms with E-state index in [1.165, 1.54) is 4.90 Å². The minimum absolute atomic E-state index is 0.00739. The van der Waals surface area contributed by atoms with Gasteiger partial charge < -0.3 is 4.74 Å². The Bertz CT molecular complexity index is 255. The molecular formula is C12H19NO3. The van der Waals surface area contributed by atoms with Crippen molar-refractivity contribution in [3.8, 4) is 0 Å². The fourth-order valence-electron chi connectivity index (χ4n) is 2.40. The lowest BCUT2D eigenvalue weighted by Crippen LogP contribution is -2.41. The molecule has 0 aromatic heterocycles. The average molecular weight is 225 g/mol. The topological polar surface area (TPSA) is 46.6 Å². The van der Waals surface area contributed by atoms with Crippen LogP contribution in [-0.4, -0.2) is 36.5 Å². The molecule has 2 fully saturated rings. The number of piperidine rings is 1. The van der Waals surface area contributed by atoms with E-state index in [0.29, 0.717) is 25.3 Å². The third-order valence-corrected chi connectivity index (χ3v) is 3.40. The molecule has 1 unspecified atom stereocenters. The van der Waals surface area contributed by atoms with Gasteiger partial charge >= 0.3 is 0 Å². The van der Waals surface area contributed by atoms with Gasteiger partial charge in [-0.2, -0.15) is 0 Å². The van der Waals surface area contributed by atoms with Gasteiger partial charge in [-0.15, -0.1) is 0 Å². The van der Waals surface area contributed by atoms with E-state index in [2.05, 4.69) is 0 Å². The monoisotopic (exact) mass is 225 g/mol. The summed E-state index contributed by atoms with van der Waals surface area (Å²) in [7, 11) is 0. The van der Waals surface area contributed by atoms with E-state index in [-0.39, 0.29) is 11.8 Å². The van der Waals surface area contributed by atoms with Crippen molar-refractivity contribution in [2.24, 2.45) is 5.92 Å². The van der Waals surface area contributed by atoms with Crippen LogP contribution in [0.25, 0.3) is 0 Å². The Balaban J connectivity index is 1.78. The standard InChI is InChI=1S/C12H19NO3/c14-11-4-1-5-12(15)13(11)7-6-10-3-2-8-16-9-10/h10H,1-9H2. The Labute approximate surface area is 95.9 Å². The van der Waals surface area contributed by atoms with Gasteiger partial charge in [0, 0.05) is 32.6 Å². The van der Waals surface area contributed by atoms with Crippen molar-refractivity contribution in [1.82, 2.24) is 4.90 Å². The van der Waals surface area contributed by atoms with Gasteiger partial charge in [-0.25, -0.2) is 0 Å². The third-order valence-electron chi connectivity index (χ3n) is 3.40. The smallest absolute Gasteiger partial charge is 0.229 e. The number of nitrogens with zero attached hydrogens (tertiary/aromatic N) is 1. The zero-order valence-corrected chi connectivity index (χ0v) is 9.61. The van der Waals surface area contributed by atoms with Crippen LogP contribution < -0.4 is 0 Å². The number of carbonyl (C=O) groups excluding carboxylic acids is 2. The molecule has 2 amide bonds. The first-order chi connectivity index (χ1) is 7.77. The molecule has 0 bridgehead atoms. The number of imide groups is 1. The SMILES string of the molecule is O=C1CCCC(=O)N1CCC1CCCOC1. The number of carbonyl (C=O) groups is 2. The van der Waals surface area contributed by atoms with Crippen molar-refractivity contribution < 1.29 is 14.3 Å². The van der Waals surface area contributed by atoms with Gasteiger partial charge in [0.05, 0.1) is 0 Å². The number of rotatable bonds is 3. The zero-order valence-electron chi connectivity index (χ0n) is 9.61. The minimum Gasteiger partial charge on any atom is -0.381 e. The first kappa shape index (κ1) is 11.6. The molecule has 0 aliphatic carbocycles. The van der Waals surface area contributed by atoms with Gasteiger partial charge in [-0.3, -0.25) is 14.5 Å². The van der Waals surface area contributed by atoms with Crippen molar-refractivity contribution in [3.63, 3.8) is 0 Å². The molecule has 0 aromatic rings. The molecule has 1 atom stereocenters. The Morgan fingerprint density at radius 2 is 1.94 bits per heavy atom. The van der Waals surface area contributed by atoms with Gasteiger partial charge in [0.1, 0.15) is 0 Å². The lowest BCUT2D eigenvalue weighted by molar-refractivity contribution is -0.148. The number of amides is 2. The van der Waals surface area contributed by atoms with Gasteiger partial charge in [0.2, 0.25) is 11.8 Å². The normalized spacial score (nSPS) is 27.2. The molecule has 2 rings (SSSR count). The van der Waals surface area contributed by atoms with Crippen LogP contribution in [0.15, 0.2) is 0 Å². The predicted molar refractivity (Wildman–Crippen MR) is 58.7 cm³/mol. The summed E-state index contributed by atoms with van der Waals surface area (Å²) < 4.78 is 5.39. The Morgan fingerprint density at radius 3 is 2.56 bits per heavy atom. The maximum absolute atomic E-state index is 11.6. The summed E-state index contributed by atoms with van der Waals surface area (Å²) in [4.78, 5) is 24.5. The van der Waals surface area contributed by atoms with Crippen LogP contribution in [0.2, 0.25) is 0 Å². The molecular weight excluding hydrogens is 206 g/mol. The lowest BCUT2D eigenvalue weighted by Gasteiger charge is -2.28. The molecule has 0 N–H and O–H groups in total. The molecule has 0 aromatic carbocycles. The summed E-state index contributed by atoms with van der Waals surface area (Å²) >= 11 is 0. The van der Waals surface area contributed by atoms with Gasteiger partial charge in [-0.05, 0) is 31.6 Å². The summed E-state index contributed by atoms with van der Waals surface area (Å²) in [5, 5.41) is 0. The maximum Gasteiger partial charge on any atom is 0.229 e. The molecule has 0 saturated carbocycles. The largest absolute Gasteiger partial charge is 0.381 e. The highest BCUT2D eigenvalue weighted by molar-refractivity contribution is 5.97. The highest BCUT2D eigenvalue weighted by Gasteiger charge is 2.26. The van der Waals surface area contributed by atoms with Crippen LogP contribution in [0.4, 0.5) is 0 Å². The van der Waals surface area contributed by atoms with Gasteiger partial charge in [-0.1, -0.05) is 0 Å². The average Bonchev–Trinajstić information content (AvgIpc) is 2.30. The van der Waals surface area contributed by atoms with Gasteiger partial charge in [0.25, 0.3) is 0 Å². The van der Waals surface area contributed by atoms with Crippen LogP contribution >= 0.6 is 0 Å². The van der Waals surface area contributed by atoms with Crippen LogP contribution in [0.3, 0.4) is 0 Å². The van der Waals surface area contributed by atoms with Crippen LogP contribution in [0, 0.1) is 5.92 Å². The number of hydrogen-bond donors (Lipinski definition) is 0. The Hall–Kier alpha value is -0.900.